The number of nitrogens with zero attached hydrogens (tertiary/aromatic N) is 1. The molecule has 0 saturated heterocycles. The minimum absolute atomic E-state index is 0.269. The zero-order chi connectivity index (χ0) is 10.4. The standard InChI is InChI=1S/C10H10INOS2/c11-8-5-7-9(15-8)10(13)12(3-4-14-7)6-1-2-6/h5-6H,1-4H2. The summed E-state index contributed by atoms with van der Waals surface area (Å²) in [5.41, 5.74) is 0. The Morgan fingerprint density at radius 3 is 3.00 bits per heavy atom. The molecular formula is C10H10INOS2. The molecule has 0 unspecified atom stereocenters. The van der Waals surface area contributed by atoms with Crippen LogP contribution in [-0.4, -0.2) is 29.1 Å². The van der Waals surface area contributed by atoms with Gasteiger partial charge in [0.15, 0.2) is 0 Å². The van der Waals surface area contributed by atoms with Crippen LogP contribution in [-0.2, 0) is 0 Å². The third-order valence-electron chi connectivity index (χ3n) is 2.70. The van der Waals surface area contributed by atoms with Crippen molar-refractivity contribution < 1.29 is 4.79 Å². The third-order valence-corrected chi connectivity index (χ3v) is 5.73. The Hall–Kier alpha value is 0.250. The molecule has 80 valence electrons. The van der Waals surface area contributed by atoms with Crippen molar-refractivity contribution in [3.63, 3.8) is 0 Å². The van der Waals surface area contributed by atoms with Gasteiger partial charge < -0.3 is 4.90 Å². The molecule has 1 aromatic rings. The Labute approximate surface area is 111 Å². The summed E-state index contributed by atoms with van der Waals surface area (Å²) in [6, 6.07) is 2.68. The molecule has 1 aliphatic heterocycles. The molecule has 0 spiro atoms. The zero-order valence-corrected chi connectivity index (χ0v) is 11.8. The van der Waals surface area contributed by atoms with Crippen molar-refractivity contribution in [1.82, 2.24) is 4.90 Å². The van der Waals surface area contributed by atoms with Gasteiger partial charge in [-0.3, -0.25) is 4.79 Å². The molecule has 1 saturated carbocycles. The largest absolute Gasteiger partial charge is 0.334 e. The molecule has 0 aromatic carbocycles. The van der Waals surface area contributed by atoms with Crippen LogP contribution in [0.2, 0.25) is 0 Å². The van der Waals surface area contributed by atoms with Gasteiger partial charge in [0, 0.05) is 23.2 Å². The van der Waals surface area contributed by atoms with Crippen LogP contribution in [0.4, 0.5) is 0 Å². The summed E-state index contributed by atoms with van der Waals surface area (Å²) < 4.78 is 1.22. The van der Waals surface area contributed by atoms with Gasteiger partial charge in [-0.2, -0.15) is 0 Å². The molecule has 2 heterocycles. The van der Waals surface area contributed by atoms with Gasteiger partial charge in [-0.15, -0.1) is 23.1 Å². The molecule has 1 aliphatic carbocycles. The fraction of sp³-hybridized carbons (Fsp3) is 0.500. The first kappa shape index (κ1) is 10.4. The monoisotopic (exact) mass is 351 g/mol. The van der Waals surface area contributed by atoms with E-state index in [1.54, 1.807) is 11.3 Å². The van der Waals surface area contributed by atoms with Crippen molar-refractivity contribution in [3.05, 3.63) is 13.8 Å². The Kier molecular flexibility index (Phi) is 2.72. The van der Waals surface area contributed by atoms with E-state index >= 15 is 0 Å². The van der Waals surface area contributed by atoms with E-state index in [9.17, 15) is 4.79 Å². The fourth-order valence-corrected chi connectivity index (χ4v) is 5.05. The van der Waals surface area contributed by atoms with Crippen LogP contribution in [0.15, 0.2) is 11.0 Å². The van der Waals surface area contributed by atoms with Gasteiger partial charge >= 0.3 is 0 Å². The van der Waals surface area contributed by atoms with Gasteiger partial charge in [0.2, 0.25) is 0 Å². The van der Waals surface area contributed by atoms with Crippen LogP contribution in [0.25, 0.3) is 0 Å². The molecule has 1 aromatic heterocycles. The summed E-state index contributed by atoms with van der Waals surface area (Å²) >= 11 is 5.76. The van der Waals surface area contributed by atoms with E-state index in [-0.39, 0.29) is 5.91 Å². The molecular weight excluding hydrogens is 341 g/mol. The predicted molar refractivity (Wildman–Crippen MR) is 71.8 cm³/mol. The number of carbonyl (C=O) groups is 1. The van der Waals surface area contributed by atoms with Crippen LogP contribution in [0, 0.1) is 2.88 Å². The van der Waals surface area contributed by atoms with Crippen LogP contribution < -0.4 is 0 Å². The smallest absolute Gasteiger partial charge is 0.265 e. The topological polar surface area (TPSA) is 20.3 Å². The average Bonchev–Trinajstić information content (AvgIpc) is 2.97. The van der Waals surface area contributed by atoms with E-state index in [1.165, 1.54) is 20.6 Å². The van der Waals surface area contributed by atoms with Crippen molar-refractivity contribution in [2.45, 2.75) is 23.8 Å². The highest BCUT2D eigenvalue weighted by Crippen LogP contribution is 2.38. The van der Waals surface area contributed by atoms with Gasteiger partial charge in [0.1, 0.15) is 4.88 Å². The minimum atomic E-state index is 0.269. The number of rotatable bonds is 1. The molecule has 15 heavy (non-hydrogen) atoms. The van der Waals surface area contributed by atoms with E-state index in [0.29, 0.717) is 6.04 Å². The first-order chi connectivity index (χ1) is 7.25. The quantitative estimate of drug-likeness (QED) is 0.725. The van der Waals surface area contributed by atoms with Crippen molar-refractivity contribution in [3.8, 4) is 0 Å². The van der Waals surface area contributed by atoms with E-state index < -0.39 is 0 Å². The normalized spacial score (nSPS) is 21.4. The highest BCUT2D eigenvalue weighted by molar-refractivity contribution is 14.1. The number of hydrogen-bond donors (Lipinski definition) is 0. The van der Waals surface area contributed by atoms with Gasteiger partial charge in [0.05, 0.1) is 2.88 Å². The second-order valence-corrected chi connectivity index (χ2v) is 7.91. The highest BCUT2D eigenvalue weighted by atomic mass is 127. The lowest BCUT2D eigenvalue weighted by Gasteiger charge is -2.18. The summed E-state index contributed by atoms with van der Waals surface area (Å²) in [4.78, 5) is 16.5. The van der Waals surface area contributed by atoms with Crippen LogP contribution >= 0.6 is 45.7 Å². The van der Waals surface area contributed by atoms with Crippen LogP contribution in [0.1, 0.15) is 22.5 Å². The second kappa shape index (κ2) is 3.92. The average molecular weight is 351 g/mol. The molecule has 1 amide bonds. The molecule has 3 rings (SSSR count). The van der Waals surface area contributed by atoms with E-state index in [1.807, 2.05) is 11.8 Å². The Bertz CT molecular complexity index is 414. The second-order valence-electron chi connectivity index (χ2n) is 3.82. The van der Waals surface area contributed by atoms with Gasteiger partial charge in [-0.1, -0.05) is 0 Å². The maximum atomic E-state index is 12.3. The van der Waals surface area contributed by atoms with Crippen molar-refractivity contribution in [2.24, 2.45) is 0 Å². The van der Waals surface area contributed by atoms with E-state index in [4.69, 9.17) is 0 Å². The summed E-state index contributed by atoms with van der Waals surface area (Å²) in [6.45, 7) is 0.923. The first-order valence-corrected chi connectivity index (χ1v) is 7.87. The van der Waals surface area contributed by atoms with Gasteiger partial charge in [-0.25, -0.2) is 0 Å². The number of halogens is 1. The van der Waals surface area contributed by atoms with Crippen LogP contribution in [0.3, 0.4) is 0 Å². The number of carbonyl (C=O) groups excluding carboxylic acids is 1. The molecule has 0 bridgehead atoms. The Balaban J connectivity index is 1.97. The predicted octanol–water partition coefficient (Wildman–Crippen LogP) is 3.06. The summed E-state index contributed by atoms with van der Waals surface area (Å²) in [5, 5.41) is 0. The SMILES string of the molecule is O=C1c2sc(I)cc2SCCN1C1CC1. The molecule has 2 nitrogen and oxygen atoms in total. The molecule has 0 radical (unpaired) electrons. The zero-order valence-electron chi connectivity index (χ0n) is 8.03. The van der Waals surface area contributed by atoms with Crippen molar-refractivity contribution in [2.75, 3.05) is 12.3 Å². The number of fused-ring (bicyclic) bond motifs is 1. The third kappa shape index (κ3) is 1.93. The maximum Gasteiger partial charge on any atom is 0.265 e. The fourth-order valence-electron chi connectivity index (χ4n) is 1.82. The van der Waals surface area contributed by atoms with E-state index in [0.717, 1.165) is 17.2 Å². The van der Waals surface area contributed by atoms with Crippen molar-refractivity contribution in [1.29, 1.82) is 0 Å². The summed E-state index contributed by atoms with van der Waals surface area (Å²) in [6.07, 6.45) is 2.41. The highest BCUT2D eigenvalue weighted by Gasteiger charge is 2.35. The van der Waals surface area contributed by atoms with Gasteiger partial charge in [0.25, 0.3) is 5.91 Å². The molecule has 2 aliphatic rings. The van der Waals surface area contributed by atoms with Crippen molar-refractivity contribution >= 4 is 51.6 Å². The number of thiophene rings is 1. The van der Waals surface area contributed by atoms with Crippen LogP contribution in [0.5, 0.6) is 0 Å². The summed E-state index contributed by atoms with van der Waals surface area (Å²) in [5.74, 6) is 1.31. The summed E-state index contributed by atoms with van der Waals surface area (Å²) in [7, 11) is 0. The number of amides is 1. The molecule has 0 N–H and O–H groups in total. The minimum Gasteiger partial charge on any atom is -0.334 e. The molecule has 0 atom stereocenters. The molecule has 1 fully saturated rings. The lowest BCUT2D eigenvalue weighted by atomic mass is 10.4. The van der Waals surface area contributed by atoms with E-state index in [2.05, 4.69) is 33.6 Å². The number of hydrogen-bond acceptors (Lipinski definition) is 3. The lowest BCUT2D eigenvalue weighted by molar-refractivity contribution is 0.0758. The Morgan fingerprint density at radius 1 is 1.47 bits per heavy atom. The first-order valence-electron chi connectivity index (χ1n) is 4.99. The molecule has 5 heteroatoms. The maximum absolute atomic E-state index is 12.3. The lowest BCUT2D eigenvalue weighted by Crippen LogP contribution is -2.33. The number of thioether (sulfide) groups is 1. The van der Waals surface area contributed by atoms with Gasteiger partial charge in [-0.05, 0) is 41.5 Å². The Morgan fingerprint density at radius 2 is 2.27 bits per heavy atom.